The number of aromatic nitrogens is 1. The highest BCUT2D eigenvalue weighted by Crippen LogP contribution is 2.41. The fraction of sp³-hybridized carbons (Fsp3) is 0.214. The number of pyridine rings is 1. The van der Waals surface area contributed by atoms with Crippen molar-refractivity contribution < 1.29 is 9.47 Å². The number of anilines is 1. The summed E-state index contributed by atoms with van der Waals surface area (Å²) in [4.78, 5) is 3.99. The molecule has 0 unspecified atom stereocenters. The fourth-order valence-corrected chi connectivity index (χ4v) is 1.94. The summed E-state index contributed by atoms with van der Waals surface area (Å²) in [5, 5.41) is 0. The Morgan fingerprint density at radius 2 is 1.72 bits per heavy atom. The second-order valence-corrected chi connectivity index (χ2v) is 4.01. The number of nitrogens with two attached hydrogens (primary N) is 1. The highest BCUT2D eigenvalue weighted by Gasteiger charge is 2.15. The topological polar surface area (TPSA) is 57.4 Å². The van der Waals surface area contributed by atoms with Crippen LogP contribution in [0.2, 0.25) is 0 Å². The molecule has 2 aromatic rings. The van der Waals surface area contributed by atoms with E-state index >= 15 is 0 Å². The number of rotatable bonds is 3. The van der Waals surface area contributed by atoms with Crippen molar-refractivity contribution in [2.45, 2.75) is 6.92 Å². The molecule has 0 radical (unpaired) electrons. The SMILES string of the molecule is COc1cc(C)cc(OC)c1-c1ccncc1N. The number of nitrogens with zero attached hydrogens (tertiary/aromatic N) is 1. The van der Waals surface area contributed by atoms with E-state index in [0.29, 0.717) is 5.69 Å². The van der Waals surface area contributed by atoms with Gasteiger partial charge in [-0.3, -0.25) is 4.98 Å². The molecule has 4 heteroatoms. The molecule has 0 aliphatic carbocycles. The van der Waals surface area contributed by atoms with Crippen LogP contribution in [0.3, 0.4) is 0 Å². The zero-order chi connectivity index (χ0) is 13.1. The minimum Gasteiger partial charge on any atom is -0.496 e. The molecular weight excluding hydrogens is 228 g/mol. The van der Waals surface area contributed by atoms with Crippen molar-refractivity contribution >= 4 is 5.69 Å². The van der Waals surface area contributed by atoms with Gasteiger partial charge >= 0.3 is 0 Å². The van der Waals surface area contributed by atoms with Gasteiger partial charge < -0.3 is 15.2 Å². The summed E-state index contributed by atoms with van der Waals surface area (Å²) < 4.78 is 10.8. The molecule has 0 bridgehead atoms. The van der Waals surface area contributed by atoms with Gasteiger partial charge in [0, 0.05) is 11.8 Å². The number of methoxy groups -OCH3 is 2. The molecule has 0 saturated carbocycles. The Bertz CT molecular complexity index is 542. The molecule has 1 aromatic heterocycles. The zero-order valence-corrected chi connectivity index (χ0v) is 10.7. The maximum Gasteiger partial charge on any atom is 0.130 e. The molecule has 0 aliphatic heterocycles. The molecule has 0 aliphatic rings. The summed E-state index contributed by atoms with van der Waals surface area (Å²) in [6, 6.07) is 5.76. The fourth-order valence-electron chi connectivity index (χ4n) is 1.94. The summed E-state index contributed by atoms with van der Waals surface area (Å²) in [5.74, 6) is 1.48. The van der Waals surface area contributed by atoms with E-state index in [2.05, 4.69) is 4.98 Å². The van der Waals surface area contributed by atoms with Gasteiger partial charge in [0.05, 0.1) is 31.7 Å². The van der Waals surface area contributed by atoms with Crippen LogP contribution in [0.4, 0.5) is 5.69 Å². The smallest absolute Gasteiger partial charge is 0.130 e. The Balaban J connectivity index is 2.73. The van der Waals surface area contributed by atoms with Gasteiger partial charge in [-0.25, -0.2) is 0 Å². The standard InChI is InChI=1S/C14H16N2O2/c1-9-6-12(17-2)14(13(7-9)18-3)10-4-5-16-8-11(10)15/h4-8H,15H2,1-3H3. The number of hydrogen-bond acceptors (Lipinski definition) is 4. The Morgan fingerprint density at radius 3 is 2.22 bits per heavy atom. The molecule has 2 rings (SSSR count). The van der Waals surface area contributed by atoms with E-state index in [-0.39, 0.29) is 0 Å². The molecular formula is C14H16N2O2. The van der Waals surface area contributed by atoms with E-state index in [0.717, 1.165) is 28.2 Å². The van der Waals surface area contributed by atoms with Gasteiger partial charge in [-0.1, -0.05) is 0 Å². The van der Waals surface area contributed by atoms with Crippen LogP contribution in [0.5, 0.6) is 11.5 Å². The highest BCUT2D eigenvalue weighted by atomic mass is 16.5. The van der Waals surface area contributed by atoms with Gasteiger partial charge in [0.15, 0.2) is 0 Å². The lowest BCUT2D eigenvalue weighted by Gasteiger charge is -2.15. The quantitative estimate of drug-likeness (QED) is 0.901. The third-order valence-corrected chi connectivity index (χ3v) is 2.77. The molecule has 0 atom stereocenters. The maximum absolute atomic E-state index is 5.96. The van der Waals surface area contributed by atoms with Crippen LogP contribution in [-0.2, 0) is 0 Å². The first-order valence-electron chi connectivity index (χ1n) is 5.60. The molecule has 2 N–H and O–H groups in total. The van der Waals surface area contributed by atoms with Gasteiger partial charge in [0.1, 0.15) is 11.5 Å². The van der Waals surface area contributed by atoms with Crippen molar-refractivity contribution in [2.24, 2.45) is 0 Å². The number of hydrogen-bond donors (Lipinski definition) is 1. The molecule has 1 heterocycles. The lowest BCUT2D eigenvalue weighted by molar-refractivity contribution is 0.397. The van der Waals surface area contributed by atoms with Crippen LogP contribution in [0.15, 0.2) is 30.6 Å². The predicted octanol–water partition coefficient (Wildman–Crippen LogP) is 2.66. The van der Waals surface area contributed by atoms with Crippen molar-refractivity contribution in [3.8, 4) is 22.6 Å². The second-order valence-electron chi connectivity index (χ2n) is 4.01. The molecule has 0 amide bonds. The summed E-state index contributed by atoms with van der Waals surface area (Å²) >= 11 is 0. The van der Waals surface area contributed by atoms with Crippen molar-refractivity contribution in [2.75, 3.05) is 20.0 Å². The van der Waals surface area contributed by atoms with Gasteiger partial charge in [0.25, 0.3) is 0 Å². The van der Waals surface area contributed by atoms with Crippen molar-refractivity contribution in [1.82, 2.24) is 4.98 Å². The number of ether oxygens (including phenoxy) is 2. The monoisotopic (exact) mass is 244 g/mol. The summed E-state index contributed by atoms with van der Waals surface area (Å²) in [5.41, 5.74) is 9.34. The van der Waals surface area contributed by atoms with Crippen molar-refractivity contribution in [1.29, 1.82) is 0 Å². The number of aryl methyl sites for hydroxylation is 1. The first kappa shape index (κ1) is 12.2. The molecule has 94 valence electrons. The predicted molar refractivity (Wildman–Crippen MR) is 71.9 cm³/mol. The molecule has 1 aromatic carbocycles. The van der Waals surface area contributed by atoms with Crippen LogP contribution < -0.4 is 15.2 Å². The Hall–Kier alpha value is -2.23. The van der Waals surface area contributed by atoms with E-state index in [9.17, 15) is 0 Å². The summed E-state index contributed by atoms with van der Waals surface area (Å²) in [6.07, 6.45) is 3.32. The Morgan fingerprint density at radius 1 is 1.11 bits per heavy atom. The van der Waals surface area contributed by atoms with Crippen LogP contribution in [0.1, 0.15) is 5.56 Å². The zero-order valence-electron chi connectivity index (χ0n) is 10.7. The van der Waals surface area contributed by atoms with Crippen LogP contribution in [0, 0.1) is 6.92 Å². The van der Waals surface area contributed by atoms with E-state index in [1.54, 1.807) is 26.6 Å². The average molecular weight is 244 g/mol. The van der Waals surface area contributed by atoms with E-state index < -0.39 is 0 Å². The molecule has 4 nitrogen and oxygen atoms in total. The van der Waals surface area contributed by atoms with Gasteiger partial charge in [-0.2, -0.15) is 0 Å². The lowest BCUT2D eigenvalue weighted by atomic mass is 10.0. The van der Waals surface area contributed by atoms with Crippen molar-refractivity contribution in [3.05, 3.63) is 36.2 Å². The highest BCUT2D eigenvalue weighted by molar-refractivity contribution is 5.84. The third-order valence-electron chi connectivity index (χ3n) is 2.77. The maximum atomic E-state index is 5.96. The summed E-state index contributed by atoms with van der Waals surface area (Å²) in [6.45, 7) is 1.99. The van der Waals surface area contributed by atoms with Gasteiger partial charge in [0.2, 0.25) is 0 Å². The first-order valence-corrected chi connectivity index (χ1v) is 5.60. The van der Waals surface area contributed by atoms with Crippen molar-refractivity contribution in [3.63, 3.8) is 0 Å². The minimum atomic E-state index is 0.595. The molecule has 0 fully saturated rings. The van der Waals surface area contributed by atoms with Gasteiger partial charge in [-0.15, -0.1) is 0 Å². The van der Waals surface area contributed by atoms with E-state index in [1.165, 1.54) is 0 Å². The molecule has 18 heavy (non-hydrogen) atoms. The van der Waals surface area contributed by atoms with Gasteiger partial charge in [-0.05, 0) is 30.7 Å². The van der Waals surface area contributed by atoms with Crippen LogP contribution in [-0.4, -0.2) is 19.2 Å². The minimum absolute atomic E-state index is 0.595. The van der Waals surface area contributed by atoms with E-state index in [4.69, 9.17) is 15.2 Å². The normalized spacial score (nSPS) is 10.2. The first-order chi connectivity index (χ1) is 8.67. The molecule has 0 spiro atoms. The average Bonchev–Trinajstić information content (AvgIpc) is 2.38. The molecule has 0 saturated heterocycles. The lowest BCUT2D eigenvalue weighted by Crippen LogP contribution is -1.97. The second kappa shape index (κ2) is 4.96. The Kier molecular flexibility index (Phi) is 3.37. The summed E-state index contributed by atoms with van der Waals surface area (Å²) in [7, 11) is 3.27. The van der Waals surface area contributed by atoms with Crippen LogP contribution in [0.25, 0.3) is 11.1 Å². The number of benzene rings is 1. The van der Waals surface area contributed by atoms with E-state index in [1.807, 2.05) is 25.1 Å². The largest absolute Gasteiger partial charge is 0.496 e. The Labute approximate surface area is 106 Å². The third kappa shape index (κ3) is 2.09. The van der Waals surface area contributed by atoms with Crippen LogP contribution >= 0.6 is 0 Å². The number of nitrogen functional groups attached to an aromatic ring is 1.